The molecule has 0 aliphatic carbocycles. The second-order valence-electron chi connectivity index (χ2n) is 5.58. The van der Waals surface area contributed by atoms with Crippen molar-refractivity contribution >= 4 is 23.3 Å². The Kier molecular flexibility index (Phi) is 5.93. The quantitative estimate of drug-likeness (QED) is 0.406. The van der Waals surface area contributed by atoms with Crippen LogP contribution >= 0.6 is 0 Å². The van der Waals surface area contributed by atoms with E-state index in [9.17, 15) is 14.7 Å². The summed E-state index contributed by atoms with van der Waals surface area (Å²) in [6.45, 7) is 0.902. The van der Waals surface area contributed by atoms with Crippen LogP contribution in [0, 0.1) is 0 Å². The van der Waals surface area contributed by atoms with Crippen molar-refractivity contribution < 1.29 is 41.4 Å². The number of aromatic nitrogens is 2. The van der Waals surface area contributed by atoms with Crippen LogP contribution in [0.3, 0.4) is 0 Å². The number of benzene rings is 2. The van der Waals surface area contributed by atoms with Crippen LogP contribution in [0.1, 0.15) is 22.3 Å². The molecular weight excluding hydrogens is 388 g/mol. The number of phenols is 1. The number of imidazole rings is 1. The van der Waals surface area contributed by atoms with Gasteiger partial charge in [0.15, 0.2) is 17.3 Å². The zero-order valence-electron chi connectivity index (χ0n) is 13.3. The van der Waals surface area contributed by atoms with Crippen LogP contribution < -0.4 is 21.5 Å². The number of aromatic hydroxyl groups is 1. The highest BCUT2D eigenvalue weighted by atomic mass is 79.9. The summed E-state index contributed by atoms with van der Waals surface area (Å²) in [5.41, 5.74) is 3.06. The number of carboxylic acids is 1. The number of aryl methyl sites for hydroxylation is 1. The number of nitrogens with zero attached hydrogens (tertiary/aromatic N) is 2. The molecule has 0 spiro atoms. The van der Waals surface area contributed by atoms with Gasteiger partial charge in [-0.1, -0.05) is 18.2 Å². The van der Waals surface area contributed by atoms with Crippen molar-refractivity contribution in [1.29, 1.82) is 0 Å². The zero-order valence-corrected chi connectivity index (χ0v) is 14.9. The summed E-state index contributed by atoms with van der Waals surface area (Å²) in [5.74, 6) is -0.879. The second kappa shape index (κ2) is 7.94. The second-order valence-corrected chi connectivity index (χ2v) is 5.58. The Bertz CT molecular complexity index is 921. The molecule has 0 unspecified atom stereocenters. The van der Waals surface area contributed by atoms with Gasteiger partial charge in [0.05, 0.1) is 12.0 Å². The van der Waals surface area contributed by atoms with E-state index in [-0.39, 0.29) is 34.7 Å². The molecule has 25 heavy (non-hydrogen) atoms. The lowest BCUT2D eigenvalue weighted by atomic mass is 10.1. The van der Waals surface area contributed by atoms with Crippen molar-refractivity contribution in [3.05, 3.63) is 59.9 Å². The number of aldehydes is 1. The molecule has 0 aliphatic heterocycles. The van der Waals surface area contributed by atoms with Crippen LogP contribution in [0.25, 0.3) is 11.0 Å². The average molecular weight is 405 g/mol. The fourth-order valence-electron chi connectivity index (χ4n) is 2.76. The zero-order chi connectivity index (χ0) is 17.1. The number of phenolic OH excluding ortho intramolecular Hbond substituents is 1. The van der Waals surface area contributed by atoms with Crippen molar-refractivity contribution in [2.45, 2.75) is 19.5 Å². The van der Waals surface area contributed by atoms with E-state index < -0.39 is 5.97 Å². The number of aliphatic carboxylic acids is 1. The van der Waals surface area contributed by atoms with Crippen LogP contribution in [0.4, 0.5) is 0 Å². The summed E-state index contributed by atoms with van der Waals surface area (Å²) in [6.07, 6.45) is 2.55. The van der Waals surface area contributed by atoms with E-state index in [1.165, 1.54) is 6.07 Å². The van der Waals surface area contributed by atoms with Crippen molar-refractivity contribution in [2.75, 3.05) is 0 Å². The molecule has 0 radical (unpaired) electrons. The van der Waals surface area contributed by atoms with Crippen molar-refractivity contribution in [3.8, 4) is 5.75 Å². The summed E-state index contributed by atoms with van der Waals surface area (Å²) in [6, 6.07) is 12.7. The topological polar surface area (TPSA) is 83.4 Å². The molecule has 0 atom stereocenters. The lowest BCUT2D eigenvalue weighted by Crippen LogP contribution is -3.00. The Morgan fingerprint density at radius 3 is 2.68 bits per heavy atom. The first-order valence-electron chi connectivity index (χ1n) is 7.54. The van der Waals surface area contributed by atoms with Crippen LogP contribution in [0.2, 0.25) is 0 Å². The van der Waals surface area contributed by atoms with Crippen molar-refractivity contribution in [3.63, 3.8) is 0 Å². The van der Waals surface area contributed by atoms with Gasteiger partial charge >= 0.3 is 5.97 Å². The van der Waals surface area contributed by atoms with Crippen LogP contribution in [0.5, 0.6) is 5.75 Å². The summed E-state index contributed by atoms with van der Waals surface area (Å²) < 4.78 is 3.91. The fourth-order valence-corrected chi connectivity index (χ4v) is 2.76. The Hall–Kier alpha value is -2.67. The molecule has 0 amide bonds. The molecule has 3 aromatic rings. The molecular formula is C18H17BrN2O4. The first-order valence-corrected chi connectivity index (χ1v) is 7.54. The molecule has 7 heteroatoms. The predicted molar refractivity (Wildman–Crippen MR) is 87.0 cm³/mol. The van der Waals surface area contributed by atoms with Gasteiger partial charge in [-0.05, 0) is 29.8 Å². The highest BCUT2D eigenvalue weighted by Gasteiger charge is 2.16. The molecule has 0 saturated heterocycles. The molecule has 0 bridgehead atoms. The molecule has 130 valence electrons. The summed E-state index contributed by atoms with van der Waals surface area (Å²) in [7, 11) is 0. The number of hydrogen-bond donors (Lipinski definition) is 2. The fraction of sp³-hybridized carbons (Fsp3) is 0.167. The van der Waals surface area contributed by atoms with E-state index in [0.717, 1.165) is 16.6 Å². The van der Waals surface area contributed by atoms with Crippen molar-refractivity contribution in [2.24, 2.45) is 0 Å². The smallest absolute Gasteiger partial charge is 0.307 e. The van der Waals surface area contributed by atoms with E-state index in [0.29, 0.717) is 19.4 Å². The van der Waals surface area contributed by atoms with Gasteiger partial charge in [-0.2, -0.15) is 0 Å². The number of hydrogen-bond acceptors (Lipinski definition) is 3. The maximum atomic E-state index is 11.0. The monoisotopic (exact) mass is 404 g/mol. The largest absolute Gasteiger partial charge is 1.00 e. The standard InChI is InChI=1S/C18H16N2O4.BrH/c21-11-14-9-13(5-6-17(14)22)10-20-12-19(8-7-18(23)24)15-3-1-2-4-16(15)20;/h1-6,9,11-12H,7-8,10H2,(H-,21,22,23,24);1H. The molecule has 2 aromatic carbocycles. The number of para-hydroxylation sites is 2. The minimum absolute atomic E-state index is 0. The van der Waals surface area contributed by atoms with E-state index in [1.807, 2.05) is 39.7 Å². The van der Waals surface area contributed by atoms with E-state index in [4.69, 9.17) is 5.11 Å². The van der Waals surface area contributed by atoms with Gasteiger partial charge in [0.2, 0.25) is 6.33 Å². The van der Waals surface area contributed by atoms with E-state index in [1.54, 1.807) is 12.1 Å². The van der Waals surface area contributed by atoms with Crippen LogP contribution in [-0.4, -0.2) is 27.0 Å². The third-order valence-corrected chi connectivity index (χ3v) is 3.92. The number of fused-ring (bicyclic) bond motifs is 1. The van der Waals surface area contributed by atoms with Gasteiger partial charge in [0.25, 0.3) is 0 Å². The molecule has 1 aromatic heterocycles. The lowest BCUT2D eigenvalue weighted by molar-refractivity contribution is -0.663. The summed E-state index contributed by atoms with van der Waals surface area (Å²) >= 11 is 0. The van der Waals surface area contributed by atoms with Gasteiger partial charge in [0.1, 0.15) is 18.8 Å². The van der Waals surface area contributed by atoms with E-state index in [2.05, 4.69) is 0 Å². The van der Waals surface area contributed by atoms with Gasteiger partial charge in [-0.25, -0.2) is 9.13 Å². The lowest BCUT2D eigenvalue weighted by Gasteiger charge is -2.02. The minimum Gasteiger partial charge on any atom is -1.00 e. The van der Waals surface area contributed by atoms with Gasteiger partial charge < -0.3 is 27.2 Å². The molecule has 0 aliphatic rings. The average Bonchev–Trinajstić information content (AvgIpc) is 2.93. The Balaban J connectivity index is 0.00000225. The molecule has 1 heterocycles. The third kappa shape index (κ3) is 4.06. The summed E-state index contributed by atoms with van der Waals surface area (Å²) in [5, 5.41) is 18.5. The highest BCUT2D eigenvalue weighted by Crippen LogP contribution is 2.17. The highest BCUT2D eigenvalue weighted by molar-refractivity contribution is 5.79. The number of rotatable bonds is 6. The summed E-state index contributed by atoms with van der Waals surface area (Å²) in [4.78, 5) is 21.8. The Morgan fingerprint density at radius 2 is 1.96 bits per heavy atom. The first kappa shape index (κ1) is 18.7. The predicted octanol–water partition coefficient (Wildman–Crippen LogP) is -1.03. The Morgan fingerprint density at radius 1 is 1.20 bits per heavy atom. The van der Waals surface area contributed by atoms with Gasteiger partial charge in [-0.3, -0.25) is 9.59 Å². The Labute approximate surface area is 154 Å². The number of halogens is 1. The molecule has 0 saturated carbocycles. The number of carboxylic acid groups (broad SMARTS) is 1. The molecule has 6 nitrogen and oxygen atoms in total. The molecule has 2 N–H and O–H groups in total. The van der Waals surface area contributed by atoms with Gasteiger partial charge in [-0.15, -0.1) is 0 Å². The molecule has 0 fully saturated rings. The van der Waals surface area contributed by atoms with Crippen LogP contribution in [0.15, 0.2) is 48.8 Å². The minimum atomic E-state index is -0.839. The van der Waals surface area contributed by atoms with Crippen LogP contribution in [-0.2, 0) is 17.9 Å². The van der Waals surface area contributed by atoms with Gasteiger partial charge in [0, 0.05) is 0 Å². The SMILES string of the molecule is O=Cc1cc(C[n+]2cn(CCC(=O)O)c3ccccc32)ccc1O.[Br-]. The molecule has 3 rings (SSSR count). The van der Waals surface area contributed by atoms with Crippen molar-refractivity contribution in [1.82, 2.24) is 4.57 Å². The maximum absolute atomic E-state index is 11.0. The first-order chi connectivity index (χ1) is 11.6. The maximum Gasteiger partial charge on any atom is 0.307 e. The van der Waals surface area contributed by atoms with E-state index >= 15 is 0 Å². The normalized spacial score (nSPS) is 10.4. The number of carbonyl (C=O) groups is 2. The number of carbonyl (C=O) groups excluding carboxylic acids is 1. The third-order valence-electron chi connectivity index (χ3n) is 3.92.